The first-order valence-electron chi connectivity index (χ1n) is 6.99. The van der Waals surface area contributed by atoms with Crippen LogP contribution < -0.4 is 0 Å². The van der Waals surface area contributed by atoms with E-state index in [0.717, 1.165) is 0 Å². The number of aliphatic hydroxyl groups excluding tert-OH is 5. The highest BCUT2D eigenvalue weighted by Crippen LogP contribution is 2.02. The van der Waals surface area contributed by atoms with Gasteiger partial charge in [0.2, 0.25) is 0 Å². The van der Waals surface area contributed by atoms with Crippen molar-refractivity contribution in [2.75, 3.05) is 52.9 Å². The van der Waals surface area contributed by atoms with Gasteiger partial charge in [0.25, 0.3) is 0 Å². The summed E-state index contributed by atoms with van der Waals surface area (Å²) in [6.07, 6.45) is -2.33. The average molecular weight is 312 g/mol. The van der Waals surface area contributed by atoms with Crippen molar-refractivity contribution in [2.24, 2.45) is 5.92 Å². The maximum atomic E-state index is 9.13. The normalized spacial score (nSPS) is 17.4. The fourth-order valence-corrected chi connectivity index (χ4v) is 1.35. The Kier molecular flexibility index (Phi) is 13.1. The second-order valence-corrected chi connectivity index (χ2v) is 4.99. The van der Waals surface area contributed by atoms with Crippen LogP contribution in [0.15, 0.2) is 0 Å². The third-order valence-corrected chi connectivity index (χ3v) is 2.57. The van der Waals surface area contributed by atoms with Gasteiger partial charge in [-0.25, -0.2) is 0 Å². The molecule has 0 aliphatic rings. The van der Waals surface area contributed by atoms with E-state index in [1.165, 1.54) is 0 Å². The van der Waals surface area contributed by atoms with Crippen LogP contribution in [-0.2, 0) is 14.2 Å². The average Bonchev–Trinajstić information content (AvgIpc) is 2.49. The SMILES string of the molecule is CC(COCC(O)CO)COC(CO)COCC(O)CO. The molecule has 0 aromatic carbocycles. The number of hydrogen-bond donors (Lipinski definition) is 5. The van der Waals surface area contributed by atoms with Crippen molar-refractivity contribution >= 4 is 0 Å². The highest BCUT2D eigenvalue weighted by Gasteiger charge is 2.13. The molecule has 128 valence electrons. The highest BCUT2D eigenvalue weighted by molar-refractivity contribution is 4.59. The van der Waals surface area contributed by atoms with E-state index in [4.69, 9.17) is 39.7 Å². The zero-order chi connectivity index (χ0) is 16.1. The molecule has 0 radical (unpaired) electrons. The van der Waals surface area contributed by atoms with Gasteiger partial charge in [0.15, 0.2) is 0 Å². The molecule has 0 saturated carbocycles. The molecule has 0 aromatic heterocycles. The molecule has 5 N–H and O–H groups in total. The number of aliphatic hydroxyl groups is 5. The molecule has 0 aliphatic carbocycles. The lowest BCUT2D eigenvalue weighted by Gasteiger charge is -2.19. The predicted octanol–water partition coefficient (Wildman–Crippen LogP) is -2.26. The molecule has 0 fully saturated rings. The first-order valence-corrected chi connectivity index (χ1v) is 6.99. The van der Waals surface area contributed by atoms with Crippen LogP contribution in [0.2, 0.25) is 0 Å². The fourth-order valence-electron chi connectivity index (χ4n) is 1.35. The van der Waals surface area contributed by atoms with Gasteiger partial charge < -0.3 is 39.7 Å². The molecule has 8 heteroatoms. The van der Waals surface area contributed by atoms with Crippen molar-refractivity contribution in [1.82, 2.24) is 0 Å². The van der Waals surface area contributed by atoms with Crippen molar-refractivity contribution in [2.45, 2.75) is 25.2 Å². The summed E-state index contributed by atoms with van der Waals surface area (Å²) in [6, 6.07) is 0. The van der Waals surface area contributed by atoms with Crippen molar-refractivity contribution < 1.29 is 39.7 Å². The van der Waals surface area contributed by atoms with E-state index >= 15 is 0 Å². The van der Waals surface area contributed by atoms with Crippen LogP contribution >= 0.6 is 0 Å². The standard InChI is InChI=1S/C13H28O8/c1-10(5-19-7-11(17)2-14)6-21-13(4-16)9-20-8-12(18)3-15/h10-18H,2-9H2,1H3. The first kappa shape index (κ1) is 20.7. The highest BCUT2D eigenvalue weighted by atomic mass is 16.5. The maximum Gasteiger partial charge on any atom is 0.104 e. The second-order valence-electron chi connectivity index (χ2n) is 4.99. The zero-order valence-corrected chi connectivity index (χ0v) is 12.4. The predicted molar refractivity (Wildman–Crippen MR) is 73.8 cm³/mol. The Hall–Kier alpha value is -0.320. The smallest absolute Gasteiger partial charge is 0.104 e. The van der Waals surface area contributed by atoms with Crippen LogP contribution in [0.3, 0.4) is 0 Å². The largest absolute Gasteiger partial charge is 0.394 e. The Morgan fingerprint density at radius 1 is 0.714 bits per heavy atom. The van der Waals surface area contributed by atoms with Gasteiger partial charge in [0.1, 0.15) is 18.3 Å². The molecule has 0 spiro atoms. The Morgan fingerprint density at radius 2 is 1.24 bits per heavy atom. The minimum Gasteiger partial charge on any atom is -0.394 e. The van der Waals surface area contributed by atoms with Gasteiger partial charge in [0.05, 0.1) is 52.9 Å². The van der Waals surface area contributed by atoms with Gasteiger partial charge in [-0.1, -0.05) is 6.92 Å². The van der Waals surface area contributed by atoms with Crippen molar-refractivity contribution in [3.8, 4) is 0 Å². The minimum atomic E-state index is -0.936. The molecule has 0 aromatic rings. The molecule has 0 amide bonds. The van der Waals surface area contributed by atoms with E-state index in [2.05, 4.69) is 0 Å². The van der Waals surface area contributed by atoms with E-state index in [0.29, 0.717) is 13.2 Å². The Bertz CT molecular complexity index is 228. The van der Waals surface area contributed by atoms with Gasteiger partial charge in [0, 0.05) is 5.92 Å². The summed E-state index contributed by atoms with van der Waals surface area (Å²) in [5, 5.41) is 44.6. The number of ether oxygens (including phenoxy) is 3. The third-order valence-electron chi connectivity index (χ3n) is 2.57. The molecule has 0 aliphatic heterocycles. The minimum absolute atomic E-state index is 0.0198. The van der Waals surface area contributed by atoms with Crippen molar-refractivity contribution in [1.29, 1.82) is 0 Å². The van der Waals surface area contributed by atoms with Crippen LogP contribution in [0.5, 0.6) is 0 Å². The number of rotatable bonds is 14. The lowest BCUT2D eigenvalue weighted by atomic mass is 10.2. The second kappa shape index (κ2) is 13.4. The molecular weight excluding hydrogens is 284 g/mol. The topological polar surface area (TPSA) is 129 Å². The van der Waals surface area contributed by atoms with Crippen molar-refractivity contribution in [3.05, 3.63) is 0 Å². The molecule has 0 rings (SSSR count). The van der Waals surface area contributed by atoms with Crippen LogP contribution in [-0.4, -0.2) is 96.7 Å². The molecule has 0 saturated heterocycles. The molecule has 0 bridgehead atoms. The van der Waals surface area contributed by atoms with Gasteiger partial charge in [-0.2, -0.15) is 0 Å². The fraction of sp³-hybridized carbons (Fsp3) is 1.00. The molecule has 21 heavy (non-hydrogen) atoms. The van der Waals surface area contributed by atoms with Crippen LogP contribution in [0.1, 0.15) is 6.92 Å². The summed E-state index contributed by atoms with van der Waals surface area (Å²) in [4.78, 5) is 0. The van der Waals surface area contributed by atoms with Gasteiger partial charge in [-0.05, 0) is 0 Å². The zero-order valence-electron chi connectivity index (χ0n) is 12.4. The Morgan fingerprint density at radius 3 is 1.71 bits per heavy atom. The van der Waals surface area contributed by atoms with E-state index < -0.39 is 18.3 Å². The first-order chi connectivity index (χ1) is 10.0. The Labute approximate surface area is 124 Å². The van der Waals surface area contributed by atoms with Crippen LogP contribution in [0.25, 0.3) is 0 Å². The molecular formula is C13H28O8. The van der Waals surface area contributed by atoms with E-state index in [1.807, 2.05) is 6.92 Å². The molecule has 8 nitrogen and oxygen atoms in total. The summed E-state index contributed by atoms with van der Waals surface area (Å²) in [6.45, 7) is 1.81. The Balaban J connectivity index is 3.68. The van der Waals surface area contributed by atoms with E-state index in [9.17, 15) is 0 Å². The summed E-state index contributed by atoms with van der Waals surface area (Å²) in [7, 11) is 0. The third kappa shape index (κ3) is 12.0. The van der Waals surface area contributed by atoms with Crippen molar-refractivity contribution in [3.63, 3.8) is 0 Å². The van der Waals surface area contributed by atoms with Crippen LogP contribution in [0.4, 0.5) is 0 Å². The monoisotopic (exact) mass is 312 g/mol. The summed E-state index contributed by atoms with van der Waals surface area (Å²) in [5.41, 5.74) is 0. The lowest BCUT2D eigenvalue weighted by Crippen LogP contribution is -2.30. The molecule has 4 unspecified atom stereocenters. The van der Waals surface area contributed by atoms with E-state index in [1.54, 1.807) is 0 Å². The quantitative estimate of drug-likeness (QED) is 0.243. The van der Waals surface area contributed by atoms with Gasteiger partial charge >= 0.3 is 0 Å². The molecule has 0 heterocycles. The summed E-state index contributed by atoms with van der Waals surface area (Å²) < 4.78 is 15.7. The summed E-state index contributed by atoms with van der Waals surface area (Å²) in [5.74, 6) is 0.0491. The van der Waals surface area contributed by atoms with E-state index in [-0.39, 0.29) is 45.6 Å². The number of hydrogen-bond acceptors (Lipinski definition) is 8. The van der Waals surface area contributed by atoms with Gasteiger partial charge in [-0.3, -0.25) is 0 Å². The summed E-state index contributed by atoms with van der Waals surface area (Å²) >= 11 is 0. The lowest BCUT2D eigenvalue weighted by molar-refractivity contribution is -0.0785. The maximum absolute atomic E-state index is 9.13. The van der Waals surface area contributed by atoms with Gasteiger partial charge in [-0.15, -0.1) is 0 Å². The van der Waals surface area contributed by atoms with Crippen LogP contribution in [0, 0.1) is 5.92 Å². The molecule has 4 atom stereocenters.